The Morgan fingerprint density at radius 3 is 2.15 bits per heavy atom. The molecular weight excluding hydrogens is 604 g/mol. The zero-order valence-electron chi connectivity index (χ0n) is 26.9. The molecule has 0 heterocycles. The van der Waals surface area contributed by atoms with Crippen molar-refractivity contribution in [2.75, 3.05) is 44.4 Å². The van der Waals surface area contributed by atoms with E-state index in [1.807, 2.05) is 26.8 Å². The highest BCUT2D eigenvalue weighted by atomic mass is 32.2. The van der Waals surface area contributed by atoms with Crippen LogP contribution in [0.4, 0.5) is 11.4 Å². The fourth-order valence-electron chi connectivity index (χ4n) is 4.61. The van der Waals surface area contributed by atoms with Crippen LogP contribution in [0.15, 0.2) is 95.9 Å². The summed E-state index contributed by atoms with van der Waals surface area (Å²) in [5, 5.41) is 6.04. The van der Waals surface area contributed by atoms with Crippen molar-refractivity contribution in [3.8, 4) is 22.6 Å². The number of rotatable bonds is 12. The van der Waals surface area contributed by atoms with Crippen molar-refractivity contribution in [1.29, 1.82) is 0 Å². The van der Waals surface area contributed by atoms with Crippen LogP contribution in [0.1, 0.15) is 41.5 Å². The number of ether oxygens (including phenoxy) is 2. The molecule has 0 aliphatic carbocycles. The number of sulfonamides is 1. The molecule has 2 amide bonds. The first-order chi connectivity index (χ1) is 21.8. The molecule has 11 heteroatoms. The van der Waals surface area contributed by atoms with Gasteiger partial charge in [-0.3, -0.25) is 14.3 Å². The molecule has 0 spiro atoms. The molecule has 0 fully saturated rings. The van der Waals surface area contributed by atoms with Gasteiger partial charge in [0.1, 0.15) is 16.4 Å². The SMILES string of the molecule is COc1ccccc1C(=O)NCCNc1cccc(NS(=O)(=O)c2cc(-c3cccc(C(=O)N(C)C(C)(C)C)c3)ccc2OC)c1. The Hall–Kier alpha value is -5.03. The van der Waals surface area contributed by atoms with Crippen LogP contribution in [0.2, 0.25) is 0 Å². The van der Waals surface area contributed by atoms with Crippen LogP contribution in [0.5, 0.6) is 11.5 Å². The number of para-hydroxylation sites is 1. The molecule has 46 heavy (non-hydrogen) atoms. The molecule has 0 aromatic heterocycles. The van der Waals surface area contributed by atoms with Crippen LogP contribution >= 0.6 is 0 Å². The lowest BCUT2D eigenvalue weighted by Crippen LogP contribution is -2.42. The third-order valence-electron chi connectivity index (χ3n) is 7.41. The lowest BCUT2D eigenvalue weighted by Gasteiger charge is -2.32. The number of hydrogen-bond donors (Lipinski definition) is 3. The number of methoxy groups -OCH3 is 2. The van der Waals surface area contributed by atoms with Crippen LogP contribution in [0, 0.1) is 0 Å². The highest BCUT2D eigenvalue weighted by Crippen LogP contribution is 2.32. The second-order valence-electron chi connectivity index (χ2n) is 11.6. The first-order valence-electron chi connectivity index (χ1n) is 14.7. The molecule has 0 aliphatic heterocycles. The van der Waals surface area contributed by atoms with E-state index in [9.17, 15) is 18.0 Å². The van der Waals surface area contributed by atoms with E-state index in [2.05, 4.69) is 15.4 Å². The van der Waals surface area contributed by atoms with Gasteiger partial charge in [-0.15, -0.1) is 0 Å². The lowest BCUT2D eigenvalue weighted by molar-refractivity contribution is 0.0655. The Morgan fingerprint density at radius 2 is 1.43 bits per heavy atom. The first kappa shape index (κ1) is 33.9. The largest absolute Gasteiger partial charge is 0.496 e. The van der Waals surface area contributed by atoms with Gasteiger partial charge >= 0.3 is 0 Å². The van der Waals surface area contributed by atoms with E-state index in [1.54, 1.807) is 90.8 Å². The third kappa shape index (κ3) is 8.16. The smallest absolute Gasteiger partial charge is 0.265 e. The molecule has 0 saturated carbocycles. The highest BCUT2D eigenvalue weighted by Gasteiger charge is 2.24. The van der Waals surface area contributed by atoms with Gasteiger partial charge in [0.25, 0.3) is 21.8 Å². The van der Waals surface area contributed by atoms with E-state index in [0.29, 0.717) is 52.5 Å². The summed E-state index contributed by atoms with van der Waals surface area (Å²) in [7, 11) is 0.593. The molecule has 4 aromatic rings. The van der Waals surface area contributed by atoms with Crippen molar-refractivity contribution in [2.24, 2.45) is 0 Å². The summed E-state index contributed by atoms with van der Waals surface area (Å²) in [6.45, 7) is 6.60. The van der Waals surface area contributed by atoms with Gasteiger partial charge < -0.3 is 25.0 Å². The van der Waals surface area contributed by atoms with Crippen molar-refractivity contribution in [3.05, 3.63) is 102 Å². The van der Waals surface area contributed by atoms with E-state index < -0.39 is 10.0 Å². The molecule has 0 radical (unpaired) electrons. The van der Waals surface area contributed by atoms with E-state index in [0.717, 1.165) is 0 Å². The van der Waals surface area contributed by atoms with Gasteiger partial charge in [0, 0.05) is 36.9 Å². The molecule has 0 bridgehead atoms. The molecule has 0 aliphatic rings. The number of benzene rings is 4. The fraction of sp³-hybridized carbons (Fsp3) is 0.257. The van der Waals surface area contributed by atoms with Gasteiger partial charge in [-0.05, 0) is 86.5 Å². The number of amides is 2. The van der Waals surface area contributed by atoms with E-state index >= 15 is 0 Å². The summed E-state index contributed by atoms with van der Waals surface area (Å²) in [5.74, 6) is 0.274. The van der Waals surface area contributed by atoms with Gasteiger partial charge in [0.15, 0.2) is 0 Å². The van der Waals surface area contributed by atoms with Crippen molar-refractivity contribution >= 4 is 33.2 Å². The lowest BCUT2D eigenvalue weighted by atomic mass is 10.0. The molecule has 242 valence electrons. The van der Waals surface area contributed by atoms with E-state index in [-0.39, 0.29) is 28.0 Å². The van der Waals surface area contributed by atoms with Gasteiger partial charge in [-0.25, -0.2) is 8.42 Å². The summed E-state index contributed by atoms with van der Waals surface area (Å²) in [6, 6.07) is 25.8. The summed E-state index contributed by atoms with van der Waals surface area (Å²) in [6.07, 6.45) is 0. The molecule has 0 saturated heterocycles. The average molecular weight is 645 g/mol. The Morgan fingerprint density at radius 1 is 0.761 bits per heavy atom. The number of hydrogen-bond acceptors (Lipinski definition) is 7. The summed E-state index contributed by atoms with van der Waals surface area (Å²) in [4.78, 5) is 27.3. The minimum atomic E-state index is -4.08. The average Bonchev–Trinajstić information content (AvgIpc) is 3.05. The van der Waals surface area contributed by atoms with E-state index in [4.69, 9.17) is 9.47 Å². The second-order valence-corrected chi connectivity index (χ2v) is 13.2. The first-order valence-corrected chi connectivity index (χ1v) is 16.2. The molecule has 10 nitrogen and oxygen atoms in total. The topological polar surface area (TPSA) is 126 Å². The Kier molecular flexibility index (Phi) is 10.6. The third-order valence-corrected chi connectivity index (χ3v) is 8.82. The molecule has 0 unspecified atom stereocenters. The number of nitrogens with one attached hydrogen (secondary N) is 3. The number of carbonyl (C=O) groups is 2. The van der Waals surface area contributed by atoms with Gasteiger partial charge in [0.2, 0.25) is 0 Å². The van der Waals surface area contributed by atoms with Crippen LogP contribution in [0.25, 0.3) is 11.1 Å². The Bertz CT molecular complexity index is 1820. The minimum Gasteiger partial charge on any atom is -0.496 e. The van der Waals surface area contributed by atoms with Crippen molar-refractivity contribution < 1.29 is 27.5 Å². The minimum absolute atomic E-state index is 0.0477. The van der Waals surface area contributed by atoms with Crippen LogP contribution < -0.4 is 24.8 Å². The van der Waals surface area contributed by atoms with Gasteiger partial charge in [-0.1, -0.05) is 36.4 Å². The summed E-state index contributed by atoms with van der Waals surface area (Å²) in [5.41, 5.74) is 2.88. The van der Waals surface area contributed by atoms with Crippen molar-refractivity contribution in [3.63, 3.8) is 0 Å². The molecule has 4 aromatic carbocycles. The molecule has 0 atom stereocenters. The molecule has 4 rings (SSSR count). The summed E-state index contributed by atoms with van der Waals surface area (Å²) < 4.78 is 40.6. The maximum absolute atomic E-state index is 13.6. The maximum atomic E-state index is 13.6. The zero-order chi connectivity index (χ0) is 33.5. The molecule has 3 N–H and O–H groups in total. The van der Waals surface area contributed by atoms with Crippen molar-refractivity contribution in [1.82, 2.24) is 10.2 Å². The predicted molar refractivity (Wildman–Crippen MR) is 181 cm³/mol. The van der Waals surface area contributed by atoms with Crippen molar-refractivity contribution in [2.45, 2.75) is 31.2 Å². The van der Waals surface area contributed by atoms with Gasteiger partial charge in [0.05, 0.1) is 25.5 Å². The Labute approximate surface area is 270 Å². The van der Waals surface area contributed by atoms with Crippen LogP contribution in [-0.4, -0.2) is 65.0 Å². The zero-order valence-corrected chi connectivity index (χ0v) is 27.7. The highest BCUT2D eigenvalue weighted by molar-refractivity contribution is 7.92. The van der Waals surface area contributed by atoms with Crippen LogP contribution in [0.3, 0.4) is 0 Å². The quantitative estimate of drug-likeness (QED) is 0.164. The normalized spacial score (nSPS) is 11.3. The standard InChI is InChI=1S/C35H40N4O6S/c1-35(2,3)39(4)34(41)26-12-9-11-24(21-26)25-17-18-31(45-6)32(22-25)46(42,43)38-28-14-10-13-27(23-28)36-19-20-37-33(40)29-15-7-8-16-30(29)44-5/h7-18,21-23,36,38H,19-20H2,1-6H3,(H,37,40). The Balaban J connectivity index is 1.47. The van der Waals surface area contributed by atoms with Crippen LogP contribution in [-0.2, 0) is 10.0 Å². The fourth-order valence-corrected chi connectivity index (χ4v) is 5.86. The monoisotopic (exact) mass is 644 g/mol. The predicted octanol–water partition coefficient (Wildman–Crippen LogP) is 5.88. The summed E-state index contributed by atoms with van der Waals surface area (Å²) >= 11 is 0. The molecular formula is C35H40N4O6S. The van der Waals surface area contributed by atoms with E-state index in [1.165, 1.54) is 20.3 Å². The number of anilines is 2. The number of nitrogens with zero attached hydrogens (tertiary/aromatic N) is 1. The maximum Gasteiger partial charge on any atom is 0.265 e. The second kappa shape index (κ2) is 14.4. The number of carbonyl (C=O) groups excluding carboxylic acids is 2. The van der Waals surface area contributed by atoms with Gasteiger partial charge in [-0.2, -0.15) is 0 Å².